The number of hydrogen-bond donors (Lipinski definition) is 0. The maximum atomic E-state index is 12.6. The highest BCUT2D eigenvalue weighted by molar-refractivity contribution is 5.95. The van der Waals surface area contributed by atoms with Crippen LogP contribution in [0, 0.1) is 11.3 Å². The lowest BCUT2D eigenvalue weighted by molar-refractivity contribution is -0.188. The molecule has 0 radical (unpaired) electrons. The van der Waals surface area contributed by atoms with Gasteiger partial charge in [0.05, 0.1) is 30.8 Å². The zero-order chi connectivity index (χ0) is 19.6. The van der Waals surface area contributed by atoms with Crippen LogP contribution in [0.1, 0.15) is 41.6 Å². The monoisotopic (exact) mass is 383 g/mol. The molecule has 4 rings (SSSR count). The summed E-state index contributed by atoms with van der Waals surface area (Å²) in [5.41, 5.74) is 0.627. The number of amides is 2. The molecule has 1 aromatic carbocycles. The van der Waals surface area contributed by atoms with Crippen molar-refractivity contribution in [3.63, 3.8) is 0 Å². The van der Waals surface area contributed by atoms with Gasteiger partial charge in [-0.05, 0) is 37.5 Å². The first-order chi connectivity index (χ1) is 13.6. The van der Waals surface area contributed by atoms with E-state index in [2.05, 4.69) is 6.07 Å². The van der Waals surface area contributed by atoms with Crippen LogP contribution in [0.3, 0.4) is 0 Å². The number of rotatable bonds is 4. The summed E-state index contributed by atoms with van der Waals surface area (Å²) < 4.78 is 11.9. The Balaban J connectivity index is 1.28. The number of carbonyl (C=O) groups excluding carboxylic acids is 2. The third kappa shape index (κ3) is 3.89. The normalized spacial score (nSPS) is 23.3. The Hall–Kier alpha value is -2.43. The van der Waals surface area contributed by atoms with Crippen LogP contribution in [0.25, 0.3) is 0 Å². The van der Waals surface area contributed by atoms with Crippen molar-refractivity contribution in [1.29, 1.82) is 5.26 Å². The van der Waals surface area contributed by atoms with Crippen molar-refractivity contribution in [2.45, 2.75) is 37.4 Å². The van der Waals surface area contributed by atoms with E-state index < -0.39 is 0 Å². The van der Waals surface area contributed by atoms with E-state index in [-0.39, 0.29) is 30.1 Å². The Bertz CT molecular complexity index is 791. The van der Waals surface area contributed by atoms with Crippen molar-refractivity contribution >= 4 is 11.8 Å². The summed E-state index contributed by atoms with van der Waals surface area (Å²) in [6.45, 7) is 3.41. The molecule has 1 spiro atoms. The number of likely N-dealkylation sites (tertiary alicyclic amines) is 2. The maximum absolute atomic E-state index is 12.6. The number of nitrogens with zero attached hydrogens (tertiary/aromatic N) is 3. The third-order valence-electron chi connectivity index (χ3n) is 5.83. The van der Waals surface area contributed by atoms with Gasteiger partial charge in [-0.3, -0.25) is 9.59 Å². The van der Waals surface area contributed by atoms with E-state index in [9.17, 15) is 9.59 Å². The van der Waals surface area contributed by atoms with Crippen LogP contribution in [0.2, 0.25) is 0 Å². The molecule has 0 bridgehead atoms. The van der Waals surface area contributed by atoms with Gasteiger partial charge in [-0.2, -0.15) is 5.26 Å². The Labute approximate surface area is 164 Å². The summed E-state index contributed by atoms with van der Waals surface area (Å²) in [5, 5.41) is 9.00. The minimum Gasteiger partial charge on any atom is -0.371 e. The topological polar surface area (TPSA) is 82.9 Å². The molecule has 0 N–H and O–H groups in total. The number of nitriles is 1. The molecule has 3 saturated heterocycles. The Morgan fingerprint density at radius 3 is 2.79 bits per heavy atom. The summed E-state index contributed by atoms with van der Waals surface area (Å²) in [7, 11) is 0. The molecule has 0 saturated carbocycles. The predicted molar refractivity (Wildman–Crippen MR) is 101 cm³/mol. The lowest BCUT2D eigenvalue weighted by atomic mass is 9.84. The summed E-state index contributed by atoms with van der Waals surface area (Å²) >= 11 is 0. The van der Waals surface area contributed by atoms with Gasteiger partial charge in [0.1, 0.15) is 12.2 Å². The summed E-state index contributed by atoms with van der Waals surface area (Å²) in [4.78, 5) is 28.4. The molecule has 3 aliphatic heterocycles. The fourth-order valence-electron chi connectivity index (χ4n) is 4.29. The molecule has 0 aliphatic carbocycles. The minimum atomic E-state index is -0.373. The first-order valence-electron chi connectivity index (χ1n) is 9.91. The average molecular weight is 383 g/mol. The van der Waals surface area contributed by atoms with E-state index in [1.54, 1.807) is 29.2 Å². The Morgan fingerprint density at radius 1 is 1.25 bits per heavy atom. The SMILES string of the molecule is N#Cc1cccc(C(=O)N2CC3(C[C@@H](OCC(=O)N4CCCC4)CCO3)C2)c1. The summed E-state index contributed by atoms with van der Waals surface area (Å²) in [5.74, 6) is -0.0144. The van der Waals surface area contributed by atoms with Gasteiger partial charge in [-0.15, -0.1) is 0 Å². The molecule has 0 aromatic heterocycles. The summed E-state index contributed by atoms with van der Waals surface area (Å²) in [6.07, 6.45) is 3.61. The highest BCUT2D eigenvalue weighted by Crippen LogP contribution is 2.36. The van der Waals surface area contributed by atoms with Crippen LogP contribution < -0.4 is 0 Å². The third-order valence-corrected chi connectivity index (χ3v) is 5.83. The zero-order valence-electron chi connectivity index (χ0n) is 15.9. The van der Waals surface area contributed by atoms with E-state index in [1.807, 2.05) is 4.90 Å². The first kappa shape index (κ1) is 18.9. The highest BCUT2D eigenvalue weighted by atomic mass is 16.5. The van der Waals surface area contributed by atoms with E-state index in [4.69, 9.17) is 14.7 Å². The molecule has 0 unspecified atom stereocenters. The minimum absolute atomic E-state index is 0.0144. The standard InChI is InChI=1S/C21H25N3O4/c22-12-16-4-3-5-17(10-16)20(26)24-14-21(15-24)11-18(6-9-28-21)27-13-19(25)23-7-1-2-8-23/h3-5,10,18H,1-2,6-9,11,13-15H2/t18-/m0/s1. The fourth-order valence-corrected chi connectivity index (χ4v) is 4.29. The molecule has 3 heterocycles. The van der Waals surface area contributed by atoms with Crippen LogP contribution in [-0.4, -0.2) is 72.7 Å². The zero-order valence-corrected chi connectivity index (χ0v) is 15.9. The van der Waals surface area contributed by atoms with Crippen molar-refractivity contribution in [1.82, 2.24) is 9.80 Å². The van der Waals surface area contributed by atoms with Crippen LogP contribution in [-0.2, 0) is 14.3 Å². The molecule has 1 atom stereocenters. The highest BCUT2D eigenvalue weighted by Gasteiger charge is 2.49. The van der Waals surface area contributed by atoms with Crippen molar-refractivity contribution in [3.05, 3.63) is 35.4 Å². The van der Waals surface area contributed by atoms with Gasteiger partial charge < -0.3 is 19.3 Å². The molecule has 3 aliphatic rings. The lowest BCUT2D eigenvalue weighted by Gasteiger charge is -2.53. The van der Waals surface area contributed by atoms with Gasteiger partial charge >= 0.3 is 0 Å². The molecule has 28 heavy (non-hydrogen) atoms. The number of hydrogen-bond acceptors (Lipinski definition) is 5. The van der Waals surface area contributed by atoms with Gasteiger partial charge in [0.2, 0.25) is 5.91 Å². The van der Waals surface area contributed by atoms with Crippen molar-refractivity contribution in [3.8, 4) is 6.07 Å². The van der Waals surface area contributed by atoms with Gasteiger partial charge in [-0.25, -0.2) is 0 Å². The fraction of sp³-hybridized carbons (Fsp3) is 0.571. The van der Waals surface area contributed by atoms with Crippen LogP contribution in [0.4, 0.5) is 0 Å². The maximum Gasteiger partial charge on any atom is 0.254 e. The molecule has 1 aromatic rings. The Kier molecular flexibility index (Phi) is 5.33. The molecule has 2 amide bonds. The average Bonchev–Trinajstić information content (AvgIpc) is 3.25. The quantitative estimate of drug-likeness (QED) is 0.788. The molecule has 7 nitrogen and oxygen atoms in total. The second kappa shape index (κ2) is 7.90. The van der Waals surface area contributed by atoms with Gasteiger partial charge in [0.15, 0.2) is 0 Å². The van der Waals surface area contributed by atoms with Crippen LogP contribution in [0.15, 0.2) is 24.3 Å². The largest absolute Gasteiger partial charge is 0.371 e. The van der Waals surface area contributed by atoms with Gasteiger partial charge in [-0.1, -0.05) is 6.07 Å². The van der Waals surface area contributed by atoms with Crippen LogP contribution in [0.5, 0.6) is 0 Å². The van der Waals surface area contributed by atoms with Gasteiger partial charge in [0, 0.05) is 31.7 Å². The van der Waals surface area contributed by atoms with E-state index in [1.165, 1.54) is 0 Å². The van der Waals surface area contributed by atoms with Crippen molar-refractivity contribution < 1.29 is 19.1 Å². The van der Waals surface area contributed by atoms with E-state index in [0.29, 0.717) is 37.2 Å². The molecule has 7 heteroatoms. The van der Waals surface area contributed by atoms with Crippen molar-refractivity contribution in [2.24, 2.45) is 0 Å². The van der Waals surface area contributed by atoms with E-state index in [0.717, 1.165) is 32.4 Å². The Morgan fingerprint density at radius 2 is 2.04 bits per heavy atom. The second-order valence-electron chi connectivity index (χ2n) is 7.90. The summed E-state index contributed by atoms with van der Waals surface area (Å²) in [6, 6.07) is 8.81. The van der Waals surface area contributed by atoms with E-state index >= 15 is 0 Å². The van der Waals surface area contributed by atoms with Gasteiger partial charge in [0.25, 0.3) is 5.91 Å². The number of carbonyl (C=O) groups is 2. The molecular formula is C21H25N3O4. The van der Waals surface area contributed by atoms with Crippen LogP contribution >= 0.6 is 0 Å². The second-order valence-corrected chi connectivity index (χ2v) is 7.90. The molecular weight excluding hydrogens is 358 g/mol. The molecule has 3 fully saturated rings. The predicted octanol–water partition coefficient (Wildman–Crippen LogP) is 1.57. The first-order valence-corrected chi connectivity index (χ1v) is 9.91. The number of ether oxygens (including phenoxy) is 2. The number of benzene rings is 1. The lowest BCUT2D eigenvalue weighted by Crippen LogP contribution is -2.67. The van der Waals surface area contributed by atoms with Crippen molar-refractivity contribution in [2.75, 3.05) is 39.4 Å². The molecule has 148 valence electrons. The smallest absolute Gasteiger partial charge is 0.254 e.